The number of anilines is 3. The Kier molecular flexibility index (Phi) is 9.41. The van der Waals surface area contributed by atoms with Gasteiger partial charge in [0.25, 0.3) is 0 Å². The molecule has 12 aromatic carbocycles. The van der Waals surface area contributed by atoms with Crippen LogP contribution in [0.15, 0.2) is 223 Å². The Balaban J connectivity index is 1.08. The first-order valence-electron chi connectivity index (χ1n) is 29.2. The van der Waals surface area contributed by atoms with Crippen molar-refractivity contribution in [1.29, 1.82) is 0 Å². The van der Waals surface area contributed by atoms with E-state index in [2.05, 4.69) is 274 Å². The smallest absolute Gasteiger partial charge is 0.333 e. The van der Waals surface area contributed by atoms with E-state index in [0.29, 0.717) is 0 Å². The van der Waals surface area contributed by atoms with E-state index in [1.807, 2.05) is 0 Å². The summed E-state index contributed by atoms with van der Waals surface area (Å²) < 4.78 is 12.8. The topological polar surface area (TPSA) is 25.7 Å². The van der Waals surface area contributed by atoms with Crippen LogP contribution in [0.3, 0.4) is 0 Å². The first-order valence-corrected chi connectivity index (χ1v) is 29.2. The van der Waals surface area contributed by atoms with Gasteiger partial charge in [-0.1, -0.05) is 157 Å². The van der Waals surface area contributed by atoms with Crippen LogP contribution in [0.4, 0.5) is 17.1 Å². The van der Waals surface area contributed by atoms with Gasteiger partial charge in [0.2, 0.25) is 0 Å². The summed E-state index contributed by atoms with van der Waals surface area (Å²) in [5, 5.41) is 9.74. The second-order valence-electron chi connectivity index (χ2n) is 23.9. The Morgan fingerprint density at radius 2 is 0.892 bits per heavy atom. The highest BCUT2D eigenvalue weighted by Gasteiger charge is 2.47. The van der Waals surface area contributed by atoms with Gasteiger partial charge in [0.15, 0.2) is 0 Å². The fraction of sp³-hybridized carbons (Fsp3) is 0.0769. The molecule has 0 bridgehead atoms. The Morgan fingerprint density at radius 1 is 0.349 bits per heavy atom. The number of aromatic nitrogens is 2. The van der Waals surface area contributed by atoms with Gasteiger partial charge < -0.3 is 18.2 Å². The minimum Gasteiger partial charge on any atom is -0.455 e. The molecular formula is C78H54BN3O. The third kappa shape index (κ3) is 6.31. The van der Waals surface area contributed by atoms with E-state index in [0.717, 1.165) is 50.0 Å². The summed E-state index contributed by atoms with van der Waals surface area (Å²) in [5.74, 6) is 0. The maximum Gasteiger partial charge on any atom is 0.333 e. The molecule has 0 saturated carbocycles. The van der Waals surface area contributed by atoms with Crippen LogP contribution in [0.5, 0.6) is 0 Å². The zero-order chi connectivity index (χ0) is 55.3. The minimum atomic E-state index is -0.276. The highest BCUT2D eigenvalue weighted by Crippen LogP contribution is 2.54. The van der Waals surface area contributed by atoms with Crippen molar-refractivity contribution in [1.82, 2.24) is 8.88 Å². The summed E-state index contributed by atoms with van der Waals surface area (Å²) in [4.78, 5) is 2.65. The Labute approximate surface area is 481 Å². The van der Waals surface area contributed by atoms with Crippen molar-refractivity contribution in [2.24, 2.45) is 0 Å². The van der Waals surface area contributed by atoms with Crippen molar-refractivity contribution in [3.8, 4) is 55.6 Å². The van der Waals surface area contributed by atoms with Gasteiger partial charge in [-0.15, -0.1) is 0 Å². The number of hydrogen-bond donors (Lipinski definition) is 0. The first-order chi connectivity index (χ1) is 40.6. The number of rotatable bonds is 5. The van der Waals surface area contributed by atoms with Gasteiger partial charge in [0.05, 0.1) is 16.6 Å². The molecule has 18 rings (SSSR count). The summed E-state index contributed by atoms with van der Waals surface area (Å²) in [6.07, 6.45) is 0. The van der Waals surface area contributed by atoms with Crippen LogP contribution in [0.1, 0.15) is 33.4 Å². The van der Waals surface area contributed by atoms with Crippen LogP contribution < -0.4 is 15.8 Å². The highest BCUT2D eigenvalue weighted by molar-refractivity contribution is 6.92. The lowest BCUT2D eigenvalue weighted by Gasteiger charge is -2.41. The molecule has 2 aliphatic heterocycles. The van der Waals surface area contributed by atoms with Gasteiger partial charge in [-0.25, -0.2) is 0 Å². The number of para-hydroxylation sites is 3. The van der Waals surface area contributed by atoms with Crippen LogP contribution in [0, 0.1) is 41.5 Å². The van der Waals surface area contributed by atoms with Gasteiger partial charge in [0.1, 0.15) is 11.2 Å². The average Bonchev–Trinajstić information content (AvgIpc) is 2.05. The van der Waals surface area contributed by atoms with Crippen LogP contribution in [0.2, 0.25) is 0 Å². The van der Waals surface area contributed by atoms with Crippen molar-refractivity contribution in [3.05, 3.63) is 252 Å². The second-order valence-corrected chi connectivity index (χ2v) is 23.9. The number of aryl methyl sites for hydroxylation is 6. The fourth-order valence-electron chi connectivity index (χ4n) is 15.9. The monoisotopic (exact) mass is 1060 g/mol. The van der Waals surface area contributed by atoms with Gasteiger partial charge in [-0.3, -0.25) is 0 Å². The predicted octanol–water partition coefficient (Wildman–Crippen LogP) is 19.8. The fourth-order valence-corrected chi connectivity index (χ4v) is 15.9. The molecule has 0 aliphatic carbocycles. The van der Waals surface area contributed by atoms with Crippen LogP contribution in [-0.2, 0) is 0 Å². The van der Waals surface area contributed by atoms with E-state index in [-0.39, 0.29) is 6.85 Å². The van der Waals surface area contributed by atoms with Gasteiger partial charge in [-0.05, 0) is 192 Å². The zero-order valence-electron chi connectivity index (χ0n) is 47.1. The molecule has 0 saturated heterocycles. The van der Waals surface area contributed by atoms with Crippen molar-refractivity contribution in [2.45, 2.75) is 41.5 Å². The van der Waals surface area contributed by atoms with Crippen LogP contribution in [0.25, 0.3) is 137 Å². The number of hydrogen-bond acceptors (Lipinski definition) is 2. The molecule has 2 aliphatic rings. The molecule has 5 heteroatoms. The number of fused-ring (bicyclic) bond motifs is 18. The maximum atomic E-state index is 7.45. The Morgan fingerprint density at radius 3 is 1.57 bits per heavy atom. The standard InChI is InChI=1S/C78H54BN3O/c1-43-31-45(3)70(46(4)32-43)51-29-30-66-59(38-51)60-39-54(71-47(5)33-44(2)34-48(71)6)40-63-73-75-68(42-62-57-24-15-18-28-69(57)83-78(62)73)80(55-36-52(49-19-9-7-10-20-49)35-53(37-55)50-21-11-8-12-22-50)67-41-61-56-23-13-16-26-64(56)81-65-27-17-14-25-58(65)72(77(61)81)74(67)79(75)82(66)76(60)63/h7-42H,1-6H3. The number of furan rings is 1. The highest BCUT2D eigenvalue weighted by atomic mass is 16.3. The van der Waals surface area contributed by atoms with E-state index in [1.54, 1.807) is 0 Å². The number of benzene rings is 12. The largest absolute Gasteiger partial charge is 0.455 e. The minimum absolute atomic E-state index is 0.276. The molecule has 0 atom stereocenters. The average molecular weight is 1060 g/mol. The normalized spacial score (nSPS) is 12.9. The SMILES string of the molecule is Cc1cc(C)c(-c2ccc3c(c2)c2cc(-c4c(C)cc(C)cc4C)cc4c2n3B2c3c(cc5c(oc6ccccc65)c3-4)N(c3cc(-c4ccccc4)cc(-c4ccccc4)c3)c3cc4c5ccccc5n5c6ccccc6c(c32)c45)c(C)c1. The maximum absolute atomic E-state index is 7.45. The van der Waals surface area contributed by atoms with Gasteiger partial charge >= 0.3 is 6.85 Å². The Hall–Kier alpha value is -10.1. The lowest BCUT2D eigenvalue weighted by Crippen LogP contribution is -2.57. The van der Waals surface area contributed by atoms with Crippen molar-refractivity contribution >= 4 is 117 Å². The zero-order valence-corrected chi connectivity index (χ0v) is 47.1. The molecule has 0 unspecified atom stereocenters. The van der Waals surface area contributed by atoms with Crippen LogP contribution in [-0.4, -0.2) is 15.7 Å². The first kappa shape index (κ1) is 46.6. The molecule has 4 aromatic heterocycles. The predicted molar refractivity (Wildman–Crippen MR) is 352 cm³/mol. The van der Waals surface area contributed by atoms with Gasteiger partial charge in [-0.2, -0.15) is 0 Å². The molecule has 83 heavy (non-hydrogen) atoms. The third-order valence-electron chi connectivity index (χ3n) is 18.9. The molecular weight excluding hydrogens is 1010 g/mol. The molecule has 390 valence electrons. The lowest BCUT2D eigenvalue weighted by atomic mass is 9.44. The van der Waals surface area contributed by atoms with Crippen molar-refractivity contribution in [2.75, 3.05) is 4.90 Å². The van der Waals surface area contributed by atoms with Crippen molar-refractivity contribution in [3.63, 3.8) is 0 Å². The van der Waals surface area contributed by atoms with E-state index in [1.165, 1.54) is 149 Å². The molecule has 0 fully saturated rings. The molecule has 4 nitrogen and oxygen atoms in total. The lowest BCUT2D eigenvalue weighted by molar-refractivity contribution is 0.670. The summed E-state index contributed by atoms with van der Waals surface area (Å²) in [6.45, 7) is 13.3. The van der Waals surface area contributed by atoms with E-state index >= 15 is 0 Å². The molecule has 6 heterocycles. The second kappa shape index (κ2) is 16.8. The summed E-state index contributed by atoms with van der Waals surface area (Å²) in [6, 6.07) is 82.8. The summed E-state index contributed by atoms with van der Waals surface area (Å²) in [5.41, 5.74) is 33.6. The molecule has 0 N–H and O–H groups in total. The van der Waals surface area contributed by atoms with Gasteiger partial charge in [0, 0.05) is 82.3 Å². The number of nitrogens with zero attached hydrogens (tertiary/aromatic N) is 3. The molecule has 0 radical (unpaired) electrons. The molecule has 0 spiro atoms. The molecule has 0 amide bonds. The van der Waals surface area contributed by atoms with E-state index in [9.17, 15) is 0 Å². The summed E-state index contributed by atoms with van der Waals surface area (Å²) in [7, 11) is 0. The van der Waals surface area contributed by atoms with Crippen molar-refractivity contribution < 1.29 is 4.42 Å². The Bertz CT molecular complexity index is 5420. The van der Waals surface area contributed by atoms with Crippen LogP contribution >= 0.6 is 0 Å². The third-order valence-corrected chi connectivity index (χ3v) is 18.9. The van der Waals surface area contributed by atoms with E-state index < -0.39 is 0 Å². The molecule has 16 aromatic rings. The summed E-state index contributed by atoms with van der Waals surface area (Å²) >= 11 is 0. The van der Waals surface area contributed by atoms with E-state index in [4.69, 9.17) is 4.42 Å². The quantitative estimate of drug-likeness (QED) is 0.161.